The van der Waals surface area contributed by atoms with Crippen LogP contribution in [0.2, 0.25) is 0 Å². The smallest absolute Gasteiger partial charge is 0.333 e. The second kappa shape index (κ2) is 9.17. The fraction of sp³-hybridized carbons (Fsp3) is 0.733. The molecule has 0 aliphatic heterocycles. The Kier molecular flexibility index (Phi) is 7.57. The third-order valence-corrected chi connectivity index (χ3v) is 3.84. The molecule has 1 rings (SSSR count). The van der Waals surface area contributed by atoms with Gasteiger partial charge >= 0.3 is 5.97 Å². The van der Waals surface area contributed by atoms with Crippen LogP contribution in [0.4, 0.5) is 0 Å². The lowest BCUT2D eigenvalue weighted by atomic mass is 9.88. The van der Waals surface area contributed by atoms with E-state index in [2.05, 4.69) is 15.3 Å². The molecule has 128 valence electrons. The predicted molar refractivity (Wildman–Crippen MR) is 84.5 cm³/mol. The number of esters is 1. The maximum absolute atomic E-state index is 11.8. The van der Waals surface area contributed by atoms with Crippen LogP contribution in [0.3, 0.4) is 0 Å². The molecular formula is C15H24N4O4. The third-order valence-electron chi connectivity index (χ3n) is 3.84. The molecule has 1 aliphatic rings. The molecule has 1 N–H and O–H groups in total. The zero-order valence-corrected chi connectivity index (χ0v) is 14.0. The molecule has 0 aromatic rings. The molecule has 0 bridgehead atoms. The normalized spacial score (nSPS) is 23.7. The molecule has 0 unspecified atom stereocenters. The van der Waals surface area contributed by atoms with Crippen molar-refractivity contribution in [1.29, 1.82) is 0 Å². The molecule has 0 saturated heterocycles. The standard InChI is InChI=1S/C15H24N4O4/c1-5-11(6-2)23-13-8-10(15(21)22-4)7-12(18-19-16)14(13)17-9(3)20/h7,11-14H,5-6,8H2,1-4H3,(H,17,20)/t12-,13+,14+/m0/s1. The van der Waals surface area contributed by atoms with Gasteiger partial charge < -0.3 is 14.8 Å². The van der Waals surface area contributed by atoms with Crippen LogP contribution in [0.25, 0.3) is 10.4 Å². The summed E-state index contributed by atoms with van der Waals surface area (Å²) >= 11 is 0. The molecule has 0 heterocycles. The van der Waals surface area contributed by atoms with E-state index in [1.807, 2.05) is 13.8 Å². The summed E-state index contributed by atoms with van der Waals surface area (Å²) in [6, 6.07) is -1.22. The number of nitrogens with one attached hydrogen (secondary N) is 1. The fourth-order valence-corrected chi connectivity index (χ4v) is 2.66. The van der Waals surface area contributed by atoms with Crippen LogP contribution in [0.15, 0.2) is 16.8 Å². The third kappa shape index (κ3) is 5.26. The van der Waals surface area contributed by atoms with Crippen molar-refractivity contribution in [3.05, 3.63) is 22.1 Å². The average Bonchev–Trinajstić information content (AvgIpc) is 2.53. The highest BCUT2D eigenvalue weighted by Gasteiger charge is 2.37. The molecule has 1 aliphatic carbocycles. The Balaban J connectivity index is 3.15. The number of nitrogens with zero attached hydrogens (tertiary/aromatic N) is 3. The Labute approximate surface area is 135 Å². The summed E-state index contributed by atoms with van der Waals surface area (Å²) in [6.07, 6.45) is 3.00. The highest BCUT2D eigenvalue weighted by molar-refractivity contribution is 5.89. The topological polar surface area (TPSA) is 113 Å². The van der Waals surface area contributed by atoms with Gasteiger partial charge in [0.25, 0.3) is 0 Å². The van der Waals surface area contributed by atoms with Crippen LogP contribution in [-0.2, 0) is 19.1 Å². The van der Waals surface area contributed by atoms with E-state index in [1.165, 1.54) is 14.0 Å². The summed E-state index contributed by atoms with van der Waals surface area (Å²) in [7, 11) is 1.29. The number of hydrogen-bond donors (Lipinski definition) is 1. The molecule has 8 heteroatoms. The number of amides is 1. The van der Waals surface area contributed by atoms with Gasteiger partial charge in [-0.2, -0.15) is 0 Å². The summed E-state index contributed by atoms with van der Waals surface area (Å²) in [4.78, 5) is 26.1. The molecule has 0 aromatic heterocycles. The highest BCUT2D eigenvalue weighted by Crippen LogP contribution is 2.27. The second-order valence-electron chi connectivity index (χ2n) is 5.42. The summed E-state index contributed by atoms with van der Waals surface area (Å²) < 4.78 is 10.8. The molecule has 0 spiro atoms. The van der Waals surface area contributed by atoms with Gasteiger partial charge in [0.1, 0.15) is 0 Å². The van der Waals surface area contributed by atoms with E-state index in [0.717, 1.165) is 12.8 Å². The van der Waals surface area contributed by atoms with Gasteiger partial charge in [-0.3, -0.25) is 4.79 Å². The Hall–Kier alpha value is -2.05. The van der Waals surface area contributed by atoms with E-state index in [0.29, 0.717) is 12.0 Å². The van der Waals surface area contributed by atoms with Gasteiger partial charge in [0.05, 0.1) is 31.4 Å². The van der Waals surface area contributed by atoms with Crippen molar-refractivity contribution in [3.63, 3.8) is 0 Å². The molecule has 0 radical (unpaired) electrons. The number of ether oxygens (including phenoxy) is 2. The van der Waals surface area contributed by atoms with Crippen molar-refractivity contribution in [2.24, 2.45) is 5.11 Å². The molecule has 1 amide bonds. The van der Waals surface area contributed by atoms with E-state index in [1.54, 1.807) is 6.08 Å². The van der Waals surface area contributed by atoms with Crippen LogP contribution in [0.1, 0.15) is 40.0 Å². The van der Waals surface area contributed by atoms with E-state index in [-0.39, 0.29) is 12.0 Å². The van der Waals surface area contributed by atoms with Crippen molar-refractivity contribution >= 4 is 11.9 Å². The average molecular weight is 324 g/mol. The maximum Gasteiger partial charge on any atom is 0.333 e. The largest absolute Gasteiger partial charge is 0.466 e. The van der Waals surface area contributed by atoms with Crippen LogP contribution in [-0.4, -0.2) is 43.3 Å². The molecule has 0 aromatic carbocycles. The first-order valence-corrected chi connectivity index (χ1v) is 7.72. The number of hydrogen-bond acceptors (Lipinski definition) is 5. The van der Waals surface area contributed by atoms with E-state index in [9.17, 15) is 9.59 Å². The Morgan fingerprint density at radius 1 is 1.48 bits per heavy atom. The minimum atomic E-state index is -0.703. The summed E-state index contributed by atoms with van der Waals surface area (Å²) in [6.45, 7) is 5.40. The fourth-order valence-electron chi connectivity index (χ4n) is 2.66. The number of carbonyl (C=O) groups excluding carboxylic acids is 2. The number of azide groups is 1. The van der Waals surface area contributed by atoms with Gasteiger partial charge in [-0.15, -0.1) is 0 Å². The van der Waals surface area contributed by atoms with Crippen molar-refractivity contribution in [2.45, 2.75) is 64.3 Å². The monoisotopic (exact) mass is 324 g/mol. The molecule has 0 fully saturated rings. The van der Waals surface area contributed by atoms with E-state index >= 15 is 0 Å². The molecular weight excluding hydrogens is 300 g/mol. The van der Waals surface area contributed by atoms with E-state index in [4.69, 9.17) is 15.0 Å². The predicted octanol–water partition coefficient (Wildman–Crippen LogP) is 2.25. The van der Waals surface area contributed by atoms with Crippen molar-refractivity contribution in [1.82, 2.24) is 5.32 Å². The van der Waals surface area contributed by atoms with Crippen molar-refractivity contribution in [3.8, 4) is 0 Å². The Bertz CT molecular complexity index is 510. The van der Waals surface area contributed by atoms with Crippen LogP contribution < -0.4 is 5.32 Å². The quantitative estimate of drug-likeness (QED) is 0.335. The van der Waals surface area contributed by atoms with Gasteiger partial charge in [-0.05, 0) is 18.4 Å². The Morgan fingerprint density at radius 3 is 2.61 bits per heavy atom. The zero-order valence-electron chi connectivity index (χ0n) is 14.0. The molecule has 8 nitrogen and oxygen atoms in total. The van der Waals surface area contributed by atoms with Crippen molar-refractivity contribution < 1.29 is 19.1 Å². The SMILES string of the molecule is CCC(CC)O[C@@H]1CC(C(=O)OC)=C[C@H](N=[N+]=[N-])[C@H]1NC(C)=O. The van der Waals surface area contributed by atoms with Gasteiger partial charge in [0.15, 0.2) is 0 Å². The first-order valence-electron chi connectivity index (χ1n) is 7.72. The maximum atomic E-state index is 11.8. The molecule has 3 atom stereocenters. The lowest BCUT2D eigenvalue weighted by molar-refractivity contribution is -0.137. The first-order chi connectivity index (χ1) is 11.0. The van der Waals surface area contributed by atoms with Crippen molar-refractivity contribution in [2.75, 3.05) is 7.11 Å². The van der Waals surface area contributed by atoms with E-state index < -0.39 is 24.2 Å². The van der Waals surface area contributed by atoms with Gasteiger partial charge in [-0.1, -0.05) is 25.0 Å². The van der Waals surface area contributed by atoms with Crippen LogP contribution in [0.5, 0.6) is 0 Å². The summed E-state index contributed by atoms with van der Waals surface area (Å²) in [5.41, 5.74) is 9.16. The summed E-state index contributed by atoms with van der Waals surface area (Å²) in [5, 5.41) is 6.47. The summed E-state index contributed by atoms with van der Waals surface area (Å²) in [5.74, 6) is -0.733. The lowest BCUT2D eigenvalue weighted by Crippen LogP contribution is -2.53. The first kappa shape index (κ1) is 19.0. The zero-order chi connectivity index (χ0) is 17.4. The minimum Gasteiger partial charge on any atom is -0.466 e. The van der Waals surface area contributed by atoms with Gasteiger partial charge in [0, 0.05) is 23.8 Å². The number of carbonyl (C=O) groups is 2. The van der Waals surface area contributed by atoms with Gasteiger partial charge in [0.2, 0.25) is 5.91 Å². The van der Waals surface area contributed by atoms with Crippen LogP contribution in [0, 0.1) is 0 Å². The Morgan fingerprint density at radius 2 is 2.13 bits per heavy atom. The number of rotatable bonds is 7. The van der Waals surface area contributed by atoms with Crippen LogP contribution >= 0.6 is 0 Å². The molecule has 0 saturated carbocycles. The number of methoxy groups -OCH3 is 1. The van der Waals surface area contributed by atoms with Gasteiger partial charge in [-0.25, -0.2) is 4.79 Å². The highest BCUT2D eigenvalue weighted by atomic mass is 16.5. The lowest BCUT2D eigenvalue weighted by Gasteiger charge is -2.36. The second-order valence-corrected chi connectivity index (χ2v) is 5.42. The molecule has 23 heavy (non-hydrogen) atoms. The minimum absolute atomic E-state index is 0.0000274.